The molecule has 6 heteroatoms. The molecule has 1 unspecified atom stereocenters. The molecule has 0 aliphatic carbocycles. The van der Waals surface area contributed by atoms with Gasteiger partial charge in [0, 0.05) is 6.07 Å². The molecule has 0 aromatic heterocycles. The van der Waals surface area contributed by atoms with Gasteiger partial charge >= 0.3 is 0 Å². The molecule has 0 fully saturated rings. The maximum atomic E-state index is 10.6. The molecule has 82 valence electrons. The van der Waals surface area contributed by atoms with Crippen molar-refractivity contribution in [2.75, 3.05) is 6.61 Å². The molecular formula is C9H10Cl2N2O2. The van der Waals surface area contributed by atoms with Gasteiger partial charge in [-0.15, -0.1) is 0 Å². The number of hydrogen-bond donors (Lipinski definition) is 2. The Bertz CT molecular complexity index is 371. The summed E-state index contributed by atoms with van der Waals surface area (Å²) in [7, 11) is 0. The molecular weight excluding hydrogens is 239 g/mol. The quantitative estimate of drug-likeness (QED) is 0.841. The summed E-state index contributed by atoms with van der Waals surface area (Å²) in [5.74, 6) is -0.129. The lowest BCUT2D eigenvalue weighted by atomic mass is 10.3. The van der Waals surface area contributed by atoms with Gasteiger partial charge in [-0.2, -0.15) is 0 Å². The number of hydrogen-bond acceptors (Lipinski definition) is 3. The summed E-state index contributed by atoms with van der Waals surface area (Å²) < 4.78 is 5.20. The molecule has 0 saturated carbocycles. The number of primary amides is 1. The number of rotatable bonds is 4. The molecule has 1 atom stereocenters. The Hall–Kier alpha value is -0.970. The smallest absolute Gasteiger partial charge is 0.237 e. The van der Waals surface area contributed by atoms with Crippen molar-refractivity contribution in [1.82, 2.24) is 0 Å². The van der Waals surface area contributed by atoms with Gasteiger partial charge in [0.2, 0.25) is 5.91 Å². The topological polar surface area (TPSA) is 78.3 Å². The van der Waals surface area contributed by atoms with Crippen LogP contribution in [0.2, 0.25) is 10.0 Å². The van der Waals surface area contributed by atoms with E-state index in [9.17, 15) is 4.79 Å². The maximum Gasteiger partial charge on any atom is 0.237 e. The molecule has 4 nitrogen and oxygen atoms in total. The lowest BCUT2D eigenvalue weighted by molar-refractivity contribution is -0.119. The van der Waals surface area contributed by atoms with Crippen LogP contribution in [0.5, 0.6) is 5.75 Å². The summed E-state index contributed by atoms with van der Waals surface area (Å²) in [5.41, 5.74) is 10.3. The van der Waals surface area contributed by atoms with Gasteiger partial charge in [-0.25, -0.2) is 0 Å². The van der Waals surface area contributed by atoms with Crippen LogP contribution in [0.3, 0.4) is 0 Å². The van der Waals surface area contributed by atoms with E-state index in [1.165, 1.54) is 6.07 Å². The normalized spacial score (nSPS) is 12.2. The number of halogens is 2. The van der Waals surface area contributed by atoms with Crippen LogP contribution in [0.15, 0.2) is 18.2 Å². The van der Waals surface area contributed by atoms with E-state index >= 15 is 0 Å². The molecule has 0 aliphatic heterocycles. The molecule has 0 spiro atoms. The lowest BCUT2D eigenvalue weighted by Crippen LogP contribution is -2.41. The third kappa shape index (κ3) is 3.58. The van der Waals surface area contributed by atoms with Crippen LogP contribution in [0.1, 0.15) is 0 Å². The zero-order valence-corrected chi connectivity index (χ0v) is 9.26. The highest BCUT2D eigenvalue weighted by Gasteiger charge is 2.10. The fourth-order valence-corrected chi connectivity index (χ4v) is 1.12. The molecule has 0 bridgehead atoms. The predicted molar refractivity (Wildman–Crippen MR) is 59.1 cm³/mol. The van der Waals surface area contributed by atoms with Crippen LogP contribution < -0.4 is 16.2 Å². The SMILES string of the molecule is NC(=O)C(N)COc1ccc(Cl)c(Cl)c1. The number of ether oxygens (including phenoxy) is 1. The van der Waals surface area contributed by atoms with E-state index in [1.54, 1.807) is 12.1 Å². The monoisotopic (exact) mass is 248 g/mol. The Morgan fingerprint density at radius 3 is 2.60 bits per heavy atom. The minimum atomic E-state index is -0.834. The van der Waals surface area contributed by atoms with Crippen molar-refractivity contribution in [3.8, 4) is 5.75 Å². The molecule has 4 N–H and O–H groups in total. The Kier molecular flexibility index (Phi) is 4.20. The lowest BCUT2D eigenvalue weighted by Gasteiger charge is -2.10. The molecule has 0 heterocycles. The van der Waals surface area contributed by atoms with Crippen LogP contribution in [0.25, 0.3) is 0 Å². The van der Waals surface area contributed by atoms with E-state index in [0.717, 1.165) is 0 Å². The average Bonchev–Trinajstić information content (AvgIpc) is 2.19. The first kappa shape index (κ1) is 12.1. The van der Waals surface area contributed by atoms with Crippen LogP contribution in [-0.4, -0.2) is 18.6 Å². The highest BCUT2D eigenvalue weighted by molar-refractivity contribution is 6.42. The molecule has 1 rings (SSSR count). The van der Waals surface area contributed by atoms with Crippen molar-refractivity contribution >= 4 is 29.1 Å². The number of carbonyl (C=O) groups excluding carboxylic acids is 1. The summed E-state index contributed by atoms with van der Waals surface area (Å²) in [6.07, 6.45) is 0. The van der Waals surface area contributed by atoms with E-state index in [2.05, 4.69) is 0 Å². The summed E-state index contributed by atoms with van der Waals surface area (Å²) >= 11 is 11.5. The summed E-state index contributed by atoms with van der Waals surface area (Å²) in [4.78, 5) is 10.6. The van der Waals surface area contributed by atoms with E-state index in [4.69, 9.17) is 39.4 Å². The van der Waals surface area contributed by atoms with Crippen molar-refractivity contribution in [2.45, 2.75) is 6.04 Å². The van der Waals surface area contributed by atoms with Crippen molar-refractivity contribution in [2.24, 2.45) is 11.5 Å². The molecule has 1 aromatic rings. The number of carbonyl (C=O) groups is 1. The first-order valence-electron chi connectivity index (χ1n) is 4.13. The molecule has 15 heavy (non-hydrogen) atoms. The molecule has 1 aromatic carbocycles. The second-order valence-electron chi connectivity index (χ2n) is 2.90. The van der Waals surface area contributed by atoms with Crippen molar-refractivity contribution in [3.63, 3.8) is 0 Å². The van der Waals surface area contributed by atoms with Gasteiger partial charge in [0.1, 0.15) is 18.4 Å². The molecule has 0 radical (unpaired) electrons. The predicted octanol–water partition coefficient (Wildman–Crippen LogP) is 1.18. The first-order valence-corrected chi connectivity index (χ1v) is 4.89. The fourth-order valence-electron chi connectivity index (χ4n) is 0.835. The Labute approximate surface area is 97.1 Å². The van der Waals surface area contributed by atoms with Crippen molar-refractivity contribution in [3.05, 3.63) is 28.2 Å². The summed E-state index contributed by atoms with van der Waals surface area (Å²) in [6.45, 7) is 0.00724. The highest BCUT2D eigenvalue weighted by atomic mass is 35.5. The summed E-state index contributed by atoms with van der Waals surface area (Å²) in [6, 6.07) is 3.92. The standard InChI is InChI=1S/C9H10Cl2N2O2/c10-6-2-1-5(3-7(6)11)15-4-8(12)9(13)14/h1-3,8H,4,12H2,(H2,13,14). The second kappa shape index (κ2) is 5.21. The van der Waals surface area contributed by atoms with Crippen molar-refractivity contribution in [1.29, 1.82) is 0 Å². The van der Waals surface area contributed by atoms with Gasteiger partial charge in [-0.05, 0) is 12.1 Å². The van der Waals surface area contributed by atoms with Crippen molar-refractivity contribution < 1.29 is 9.53 Å². The van der Waals surface area contributed by atoms with Crippen LogP contribution in [0.4, 0.5) is 0 Å². The molecule has 0 aliphatic rings. The van der Waals surface area contributed by atoms with E-state index < -0.39 is 11.9 Å². The van der Waals surface area contributed by atoms with Gasteiger partial charge in [0.15, 0.2) is 0 Å². The highest BCUT2D eigenvalue weighted by Crippen LogP contribution is 2.26. The van der Waals surface area contributed by atoms with Gasteiger partial charge in [0.05, 0.1) is 10.0 Å². The minimum absolute atomic E-state index is 0.00724. The van der Waals surface area contributed by atoms with Gasteiger partial charge < -0.3 is 16.2 Å². The molecule has 0 saturated heterocycles. The second-order valence-corrected chi connectivity index (χ2v) is 3.71. The third-order valence-electron chi connectivity index (χ3n) is 1.69. The van der Waals surface area contributed by atoms with Crippen LogP contribution >= 0.6 is 23.2 Å². The van der Waals surface area contributed by atoms with E-state index in [-0.39, 0.29) is 6.61 Å². The zero-order chi connectivity index (χ0) is 11.4. The fraction of sp³-hybridized carbons (Fsp3) is 0.222. The van der Waals surface area contributed by atoms with Gasteiger partial charge in [-0.3, -0.25) is 4.79 Å². The average molecular weight is 249 g/mol. The van der Waals surface area contributed by atoms with E-state index in [1.807, 2.05) is 0 Å². The maximum absolute atomic E-state index is 10.6. The van der Waals surface area contributed by atoms with E-state index in [0.29, 0.717) is 15.8 Å². The first-order chi connectivity index (χ1) is 7.00. The third-order valence-corrected chi connectivity index (χ3v) is 2.43. The Morgan fingerprint density at radius 1 is 1.40 bits per heavy atom. The summed E-state index contributed by atoms with van der Waals surface area (Å²) in [5, 5.41) is 0.810. The minimum Gasteiger partial charge on any atom is -0.491 e. The number of nitrogens with two attached hydrogens (primary N) is 2. The van der Waals surface area contributed by atoms with Crippen LogP contribution in [0, 0.1) is 0 Å². The van der Waals surface area contributed by atoms with Crippen LogP contribution in [-0.2, 0) is 4.79 Å². The van der Waals surface area contributed by atoms with Gasteiger partial charge in [0.25, 0.3) is 0 Å². The number of amides is 1. The van der Waals surface area contributed by atoms with Gasteiger partial charge in [-0.1, -0.05) is 23.2 Å². The molecule has 1 amide bonds. The zero-order valence-electron chi connectivity index (χ0n) is 7.74. The Balaban J connectivity index is 2.58. The largest absolute Gasteiger partial charge is 0.491 e. The Morgan fingerprint density at radius 2 is 2.07 bits per heavy atom. The number of benzene rings is 1.